The van der Waals surface area contributed by atoms with E-state index in [0.717, 1.165) is 15.6 Å². The molecule has 0 aliphatic rings. The molecule has 1 amide bonds. The van der Waals surface area contributed by atoms with Crippen LogP contribution in [0.4, 0.5) is 0 Å². The summed E-state index contributed by atoms with van der Waals surface area (Å²) in [6.07, 6.45) is 0.846. The number of carbonyl (C=O) groups excluding carboxylic acids is 1. The molecule has 0 aliphatic heterocycles. The lowest BCUT2D eigenvalue weighted by atomic mass is 10.1. The molecule has 2 aromatic rings. The third kappa shape index (κ3) is 4.64. The monoisotopic (exact) mass is 382 g/mol. The molecule has 116 valence electrons. The van der Waals surface area contributed by atoms with Crippen LogP contribution in [0.25, 0.3) is 0 Å². The number of nitrogens with zero attached hydrogens (tertiary/aromatic N) is 1. The van der Waals surface area contributed by atoms with Gasteiger partial charge in [0.15, 0.2) is 5.69 Å². The number of halogens is 1. The van der Waals surface area contributed by atoms with Crippen molar-refractivity contribution in [1.82, 2.24) is 10.3 Å². The van der Waals surface area contributed by atoms with Gasteiger partial charge in [0.2, 0.25) is 5.91 Å². The number of thiazole rings is 1. The van der Waals surface area contributed by atoms with Crippen LogP contribution in [0, 0.1) is 6.92 Å². The van der Waals surface area contributed by atoms with Crippen molar-refractivity contribution < 1.29 is 14.7 Å². The molecule has 1 heterocycles. The lowest BCUT2D eigenvalue weighted by molar-refractivity contribution is -0.120. The Bertz CT molecular complexity index is 700. The highest BCUT2D eigenvalue weighted by Crippen LogP contribution is 2.17. The predicted molar refractivity (Wildman–Crippen MR) is 88.4 cm³/mol. The van der Waals surface area contributed by atoms with Gasteiger partial charge in [0.1, 0.15) is 0 Å². The van der Waals surface area contributed by atoms with Crippen LogP contribution in [0.5, 0.6) is 0 Å². The third-order valence-corrected chi connectivity index (χ3v) is 4.80. The molecule has 0 spiro atoms. The van der Waals surface area contributed by atoms with Crippen LogP contribution in [-0.4, -0.2) is 28.5 Å². The zero-order valence-electron chi connectivity index (χ0n) is 11.9. The predicted octanol–water partition coefficient (Wildman–Crippen LogP) is 2.81. The van der Waals surface area contributed by atoms with Crippen molar-refractivity contribution in [2.75, 3.05) is 6.54 Å². The number of nitrogens with one attached hydrogen (secondary N) is 1. The Kier molecular flexibility index (Phi) is 5.68. The van der Waals surface area contributed by atoms with Gasteiger partial charge in [-0.25, -0.2) is 9.78 Å². The summed E-state index contributed by atoms with van der Waals surface area (Å²) in [4.78, 5) is 26.6. The molecule has 0 bridgehead atoms. The van der Waals surface area contributed by atoms with E-state index in [2.05, 4.69) is 26.2 Å². The quantitative estimate of drug-likeness (QED) is 0.804. The molecular weight excluding hydrogens is 368 g/mol. The van der Waals surface area contributed by atoms with Gasteiger partial charge in [-0.15, -0.1) is 11.3 Å². The summed E-state index contributed by atoms with van der Waals surface area (Å²) in [5, 5.41) is 13.8. The Morgan fingerprint density at radius 2 is 2.18 bits per heavy atom. The number of carbonyl (C=O) groups is 2. The van der Waals surface area contributed by atoms with Crippen LogP contribution in [0.1, 0.15) is 26.6 Å². The Morgan fingerprint density at radius 3 is 2.82 bits per heavy atom. The number of benzene rings is 1. The molecule has 0 unspecified atom stereocenters. The number of hydrogen-bond acceptors (Lipinski definition) is 4. The zero-order valence-corrected chi connectivity index (χ0v) is 14.3. The molecule has 1 aromatic heterocycles. The highest BCUT2D eigenvalue weighted by Gasteiger charge is 2.09. The van der Waals surface area contributed by atoms with Gasteiger partial charge in [-0.1, -0.05) is 28.1 Å². The lowest BCUT2D eigenvalue weighted by Gasteiger charge is -2.06. The van der Waals surface area contributed by atoms with Crippen molar-refractivity contribution in [2.45, 2.75) is 19.8 Å². The molecular formula is C15H15BrN2O3S. The third-order valence-electron chi connectivity index (χ3n) is 3.03. The van der Waals surface area contributed by atoms with E-state index in [4.69, 9.17) is 5.11 Å². The fourth-order valence-electron chi connectivity index (χ4n) is 1.83. The Hall–Kier alpha value is -1.73. The minimum atomic E-state index is -1.03. The molecule has 0 aliphatic carbocycles. The van der Waals surface area contributed by atoms with Gasteiger partial charge in [0, 0.05) is 22.8 Å². The van der Waals surface area contributed by atoms with Crippen molar-refractivity contribution in [3.63, 3.8) is 0 Å². The van der Waals surface area contributed by atoms with E-state index in [1.807, 2.05) is 25.1 Å². The van der Waals surface area contributed by atoms with Gasteiger partial charge in [0.25, 0.3) is 0 Å². The molecule has 0 atom stereocenters. The van der Waals surface area contributed by atoms with E-state index in [9.17, 15) is 9.59 Å². The fraction of sp³-hybridized carbons (Fsp3) is 0.267. The maximum absolute atomic E-state index is 11.9. The standard InChI is InChI=1S/C15H15BrN2O3S/c1-9-2-3-10(6-11(9)16)7-13(19)17-5-4-14-18-12(8-22-14)15(20)21/h2-3,6,8H,4-5,7H2,1H3,(H,17,19)(H,20,21). The van der Waals surface area contributed by atoms with Gasteiger partial charge >= 0.3 is 5.97 Å². The highest BCUT2D eigenvalue weighted by molar-refractivity contribution is 9.10. The second-order valence-corrected chi connectivity index (χ2v) is 6.59. The number of aromatic nitrogens is 1. The molecule has 22 heavy (non-hydrogen) atoms. The van der Waals surface area contributed by atoms with Gasteiger partial charge in [-0.3, -0.25) is 4.79 Å². The average Bonchev–Trinajstić information content (AvgIpc) is 2.92. The summed E-state index contributed by atoms with van der Waals surface area (Å²) in [5.74, 6) is -1.10. The number of rotatable bonds is 6. The van der Waals surface area contributed by atoms with Crippen LogP contribution in [0.2, 0.25) is 0 Å². The molecule has 0 saturated carbocycles. The second kappa shape index (κ2) is 7.51. The summed E-state index contributed by atoms with van der Waals surface area (Å²) in [6, 6.07) is 5.84. The first kappa shape index (κ1) is 16.6. The van der Waals surface area contributed by atoms with Crippen LogP contribution >= 0.6 is 27.3 Å². The van der Waals surface area contributed by atoms with Crippen molar-refractivity contribution >= 4 is 39.1 Å². The topological polar surface area (TPSA) is 79.3 Å². The SMILES string of the molecule is Cc1ccc(CC(=O)NCCc2nc(C(=O)O)cs2)cc1Br. The minimum Gasteiger partial charge on any atom is -0.476 e. The van der Waals surface area contributed by atoms with E-state index >= 15 is 0 Å². The van der Waals surface area contributed by atoms with E-state index in [1.165, 1.54) is 16.7 Å². The summed E-state index contributed by atoms with van der Waals surface area (Å²) in [7, 11) is 0. The van der Waals surface area contributed by atoms with Gasteiger partial charge in [-0.2, -0.15) is 0 Å². The van der Waals surface area contributed by atoms with Crippen molar-refractivity contribution in [1.29, 1.82) is 0 Å². The maximum Gasteiger partial charge on any atom is 0.355 e. The first-order valence-electron chi connectivity index (χ1n) is 6.65. The summed E-state index contributed by atoms with van der Waals surface area (Å²) < 4.78 is 0.988. The number of carboxylic acid groups (broad SMARTS) is 1. The van der Waals surface area contributed by atoms with Crippen LogP contribution in [-0.2, 0) is 17.6 Å². The number of aryl methyl sites for hydroxylation is 1. The normalized spacial score (nSPS) is 10.5. The number of amides is 1. The van der Waals surface area contributed by atoms with Gasteiger partial charge < -0.3 is 10.4 Å². The first-order valence-corrected chi connectivity index (χ1v) is 8.32. The molecule has 2 rings (SSSR count). The van der Waals surface area contributed by atoms with E-state index in [-0.39, 0.29) is 11.6 Å². The molecule has 5 nitrogen and oxygen atoms in total. The second-order valence-electron chi connectivity index (χ2n) is 4.79. The molecule has 0 fully saturated rings. The Labute approximate surface area is 140 Å². The average molecular weight is 383 g/mol. The number of hydrogen-bond donors (Lipinski definition) is 2. The molecule has 7 heteroatoms. The number of carboxylic acids is 1. The molecule has 1 aromatic carbocycles. The van der Waals surface area contributed by atoms with Crippen LogP contribution in [0.15, 0.2) is 28.1 Å². The highest BCUT2D eigenvalue weighted by atomic mass is 79.9. The Balaban J connectivity index is 1.79. The van der Waals surface area contributed by atoms with Crippen molar-refractivity contribution in [3.8, 4) is 0 Å². The molecule has 2 N–H and O–H groups in total. The smallest absolute Gasteiger partial charge is 0.355 e. The van der Waals surface area contributed by atoms with Gasteiger partial charge in [0.05, 0.1) is 11.4 Å². The Morgan fingerprint density at radius 1 is 1.41 bits per heavy atom. The summed E-state index contributed by atoms with van der Waals surface area (Å²) >= 11 is 4.73. The lowest BCUT2D eigenvalue weighted by Crippen LogP contribution is -2.27. The van der Waals surface area contributed by atoms with E-state index in [0.29, 0.717) is 24.4 Å². The molecule has 0 radical (unpaired) electrons. The summed E-state index contributed by atoms with van der Waals surface area (Å²) in [6.45, 7) is 2.44. The minimum absolute atomic E-state index is 0.0517. The molecule has 0 saturated heterocycles. The van der Waals surface area contributed by atoms with E-state index in [1.54, 1.807) is 0 Å². The maximum atomic E-state index is 11.9. The van der Waals surface area contributed by atoms with Gasteiger partial charge in [-0.05, 0) is 24.1 Å². The van der Waals surface area contributed by atoms with Crippen molar-refractivity contribution in [3.05, 3.63) is 49.9 Å². The fourth-order valence-corrected chi connectivity index (χ4v) is 3.03. The zero-order chi connectivity index (χ0) is 16.1. The van der Waals surface area contributed by atoms with Crippen LogP contribution < -0.4 is 5.32 Å². The van der Waals surface area contributed by atoms with Crippen LogP contribution in [0.3, 0.4) is 0 Å². The largest absolute Gasteiger partial charge is 0.476 e. The van der Waals surface area contributed by atoms with E-state index < -0.39 is 5.97 Å². The first-order chi connectivity index (χ1) is 10.5. The van der Waals surface area contributed by atoms with Crippen molar-refractivity contribution in [2.24, 2.45) is 0 Å². The summed E-state index contributed by atoms with van der Waals surface area (Å²) in [5.41, 5.74) is 2.12. The number of aromatic carboxylic acids is 1.